The maximum absolute atomic E-state index is 12.2. The number of nitrogens with zero attached hydrogens (tertiary/aromatic N) is 1. The number of anilines is 1. The summed E-state index contributed by atoms with van der Waals surface area (Å²) < 4.78 is 0. The fourth-order valence-corrected chi connectivity index (χ4v) is 2.48. The van der Waals surface area contributed by atoms with E-state index in [1.165, 1.54) is 6.42 Å². The predicted molar refractivity (Wildman–Crippen MR) is 73.0 cm³/mol. The van der Waals surface area contributed by atoms with Crippen LogP contribution < -0.4 is 5.32 Å². The smallest absolute Gasteiger partial charge is 0.253 e. The Bertz CT molecular complexity index is 414. The van der Waals surface area contributed by atoms with Crippen molar-refractivity contribution in [1.29, 1.82) is 0 Å². The van der Waals surface area contributed by atoms with Crippen LogP contribution in [-0.2, 0) is 0 Å². The van der Waals surface area contributed by atoms with E-state index >= 15 is 0 Å². The predicted octanol–water partition coefficient (Wildman–Crippen LogP) is 2.64. The number of rotatable bonds is 2. The number of carbonyl (C=O) groups excluding carboxylic acids is 1. The third-order valence-electron chi connectivity index (χ3n) is 3.16. The van der Waals surface area contributed by atoms with Crippen molar-refractivity contribution >= 4 is 24.2 Å². The van der Waals surface area contributed by atoms with E-state index in [9.17, 15) is 4.79 Å². The fraction of sp³-hybridized carbons (Fsp3) is 0.462. The van der Waals surface area contributed by atoms with Gasteiger partial charge in [0, 0.05) is 36.3 Å². The highest BCUT2D eigenvalue weighted by atomic mass is 32.1. The van der Waals surface area contributed by atoms with Crippen LogP contribution in [0.3, 0.4) is 0 Å². The zero-order valence-corrected chi connectivity index (χ0v) is 11.0. The second-order valence-electron chi connectivity index (χ2n) is 4.33. The van der Waals surface area contributed by atoms with Crippen LogP contribution in [0.2, 0.25) is 0 Å². The Kier molecular flexibility index (Phi) is 3.94. The maximum Gasteiger partial charge on any atom is 0.253 e. The van der Waals surface area contributed by atoms with E-state index in [2.05, 4.69) is 17.9 Å². The van der Waals surface area contributed by atoms with E-state index in [-0.39, 0.29) is 5.91 Å². The molecule has 0 bridgehead atoms. The lowest BCUT2D eigenvalue weighted by atomic mass is 10.1. The molecule has 0 spiro atoms. The van der Waals surface area contributed by atoms with Gasteiger partial charge < -0.3 is 10.2 Å². The Morgan fingerprint density at radius 2 is 2.00 bits per heavy atom. The minimum atomic E-state index is 0.127. The van der Waals surface area contributed by atoms with Gasteiger partial charge in [-0.3, -0.25) is 4.79 Å². The minimum Gasteiger partial charge on any atom is -0.387 e. The number of carbonyl (C=O) groups is 1. The van der Waals surface area contributed by atoms with Crippen LogP contribution in [0.5, 0.6) is 0 Å². The first-order chi connectivity index (χ1) is 8.22. The molecular weight excluding hydrogens is 232 g/mol. The summed E-state index contributed by atoms with van der Waals surface area (Å²) in [6.45, 7) is 1.77. The molecule has 1 aliphatic heterocycles. The molecule has 0 radical (unpaired) electrons. The molecular formula is C13H18N2OS. The Morgan fingerprint density at radius 1 is 1.29 bits per heavy atom. The summed E-state index contributed by atoms with van der Waals surface area (Å²) in [5.74, 6) is 0.127. The summed E-state index contributed by atoms with van der Waals surface area (Å²) in [5.41, 5.74) is 1.68. The molecule has 1 aliphatic rings. The van der Waals surface area contributed by atoms with Crippen LogP contribution in [0.4, 0.5) is 5.69 Å². The normalized spacial score (nSPS) is 15.8. The largest absolute Gasteiger partial charge is 0.387 e. The topological polar surface area (TPSA) is 32.3 Å². The van der Waals surface area contributed by atoms with Crippen LogP contribution in [0.15, 0.2) is 23.1 Å². The second-order valence-corrected chi connectivity index (χ2v) is 4.82. The molecule has 2 rings (SSSR count). The molecule has 1 amide bonds. The lowest BCUT2D eigenvalue weighted by Crippen LogP contribution is -2.35. The van der Waals surface area contributed by atoms with E-state index < -0.39 is 0 Å². The SMILES string of the molecule is CNc1ccc(C(=O)N2CCCCC2)cc1S. The summed E-state index contributed by atoms with van der Waals surface area (Å²) in [4.78, 5) is 15.0. The van der Waals surface area contributed by atoms with Crippen LogP contribution >= 0.6 is 12.6 Å². The summed E-state index contributed by atoms with van der Waals surface area (Å²) in [6, 6.07) is 5.61. The van der Waals surface area contributed by atoms with Gasteiger partial charge in [-0.1, -0.05) is 0 Å². The van der Waals surface area contributed by atoms with Gasteiger partial charge in [0.25, 0.3) is 5.91 Å². The molecule has 0 aromatic heterocycles. The standard InChI is InChI=1S/C13H18N2OS/c1-14-11-6-5-10(9-12(11)17)13(16)15-7-3-2-4-8-15/h5-6,9,14,17H,2-4,7-8H2,1H3. The van der Waals surface area contributed by atoms with Crippen molar-refractivity contribution in [2.24, 2.45) is 0 Å². The first-order valence-electron chi connectivity index (χ1n) is 6.02. The van der Waals surface area contributed by atoms with E-state index in [4.69, 9.17) is 0 Å². The highest BCUT2D eigenvalue weighted by Crippen LogP contribution is 2.22. The van der Waals surface area contributed by atoms with Crippen molar-refractivity contribution in [2.75, 3.05) is 25.5 Å². The molecule has 0 atom stereocenters. The van der Waals surface area contributed by atoms with Gasteiger partial charge in [-0.2, -0.15) is 0 Å². The molecule has 1 heterocycles. The van der Waals surface area contributed by atoms with Crippen molar-refractivity contribution in [2.45, 2.75) is 24.2 Å². The Labute approximate surface area is 108 Å². The molecule has 1 fully saturated rings. The molecule has 0 saturated carbocycles. The summed E-state index contributed by atoms with van der Waals surface area (Å²) in [6.07, 6.45) is 3.47. The molecule has 17 heavy (non-hydrogen) atoms. The van der Waals surface area contributed by atoms with Crippen LogP contribution in [-0.4, -0.2) is 30.9 Å². The molecule has 0 unspecified atom stereocenters. The fourth-order valence-electron chi connectivity index (χ4n) is 2.16. The third-order valence-corrected chi connectivity index (χ3v) is 3.53. The van der Waals surface area contributed by atoms with Crippen LogP contribution in [0.25, 0.3) is 0 Å². The molecule has 4 heteroatoms. The van der Waals surface area contributed by atoms with Crippen molar-refractivity contribution < 1.29 is 4.79 Å². The summed E-state index contributed by atoms with van der Waals surface area (Å²) in [5, 5.41) is 3.04. The van der Waals surface area contributed by atoms with E-state index in [0.717, 1.165) is 42.1 Å². The van der Waals surface area contributed by atoms with Crippen molar-refractivity contribution in [3.8, 4) is 0 Å². The Balaban J connectivity index is 2.16. The number of benzene rings is 1. The average Bonchev–Trinajstić information content (AvgIpc) is 2.39. The molecule has 1 N–H and O–H groups in total. The van der Waals surface area contributed by atoms with E-state index in [1.54, 1.807) is 0 Å². The zero-order chi connectivity index (χ0) is 12.3. The van der Waals surface area contributed by atoms with Gasteiger partial charge >= 0.3 is 0 Å². The van der Waals surface area contributed by atoms with Gasteiger partial charge in [0.2, 0.25) is 0 Å². The molecule has 1 aromatic rings. The van der Waals surface area contributed by atoms with Gasteiger partial charge in [-0.15, -0.1) is 12.6 Å². The number of hydrogen-bond donors (Lipinski definition) is 2. The van der Waals surface area contributed by atoms with E-state index in [1.807, 2.05) is 30.1 Å². The van der Waals surface area contributed by atoms with Crippen LogP contribution in [0.1, 0.15) is 29.6 Å². The molecule has 0 aliphatic carbocycles. The molecule has 3 nitrogen and oxygen atoms in total. The minimum absolute atomic E-state index is 0.127. The summed E-state index contributed by atoms with van der Waals surface area (Å²) in [7, 11) is 1.85. The molecule has 92 valence electrons. The zero-order valence-electron chi connectivity index (χ0n) is 10.1. The molecule has 1 saturated heterocycles. The lowest BCUT2D eigenvalue weighted by molar-refractivity contribution is 0.0724. The average molecular weight is 250 g/mol. The third kappa shape index (κ3) is 2.75. The van der Waals surface area contributed by atoms with Gasteiger partial charge in [0.15, 0.2) is 0 Å². The first kappa shape index (κ1) is 12.3. The Morgan fingerprint density at radius 3 is 2.59 bits per heavy atom. The number of likely N-dealkylation sites (tertiary alicyclic amines) is 1. The van der Waals surface area contributed by atoms with Gasteiger partial charge in [-0.05, 0) is 37.5 Å². The van der Waals surface area contributed by atoms with Crippen molar-refractivity contribution in [3.05, 3.63) is 23.8 Å². The highest BCUT2D eigenvalue weighted by Gasteiger charge is 2.18. The number of thiol groups is 1. The first-order valence-corrected chi connectivity index (χ1v) is 6.47. The van der Waals surface area contributed by atoms with Crippen LogP contribution in [0, 0.1) is 0 Å². The van der Waals surface area contributed by atoms with Gasteiger partial charge in [0.05, 0.1) is 0 Å². The number of piperidine rings is 1. The number of hydrogen-bond acceptors (Lipinski definition) is 3. The maximum atomic E-state index is 12.2. The number of nitrogens with one attached hydrogen (secondary N) is 1. The lowest BCUT2D eigenvalue weighted by Gasteiger charge is -2.26. The molecule has 1 aromatic carbocycles. The Hall–Kier alpha value is -1.16. The highest BCUT2D eigenvalue weighted by molar-refractivity contribution is 7.80. The van der Waals surface area contributed by atoms with Crippen molar-refractivity contribution in [1.82, 2.24) is 4.90 Å². The van der Waals surface area contributed by atoms with Gasteiger partial charge in [-0.25, -0.2) is 0 Å². The van der Waals surface area contributed by atoms with Gasteiger partial charge in [0.1, 0.15) is 0 Å². The van der Waals surface area contributed by atoms with Crippen molar-refractivity contribution in [3.63, 3.8) is 0 Å². The number of amides is 1. The van der Waals surface area contributed by atoms with E-state index in [0.29, 0.717) is 0 Å². The quantitative estimate of drug-likeness (QED) is 0.791. The second kappa shape index (κ2) is 5.45. The summed E-state index contributed by atoms with van der Waals surface area (Å²) >= 11 is 4.37. The monoisotopic (exact) mass is 250 g/mol.